The van der Waals surface area contributed by atoms with Gasteiger partial charge < -0.3 is 14.2 Å². The van der Waals surface area contributed by atoms with Gasteiger partial charge in [-0.25, -0.2) is 0 Å². The second-order valence-electron chi connectivity index (χ2n) is 22.0. The van der Waals surface area contributed by atoms with E-state index in [4.69, 9.17) is 14.2 Å². The van der Waals surface area contributed by atoms with E-state index in [-0.39, 0.29) is 31.1 Å². The van der Waals surface area contributed by atoms with E-state index in [0.717, 1.165) is 83.5 Å². The highest BCUT2D eigenvalue weighted by Gasteiger charge is 2.19. The summed E-state index contributed by atoms with van der Waals surface area (Å²) < 4.78 is 17.0. The third-order valence-electron chi connectivity index (χ3n) is 14.6. The molecule has 0 fully saturated rings. The van der Waals surface area contributed by atoms with Gasteiger partial charge in [0.05, 0.1) is 0 Å². The summed E-state index contributed by atoms with van der Waals surface area (Å²) in [6.07, 6.45) is 78.3. The van der Waals surface area contributed by atoms with Crippen molar-refractivity contribution in [2.45, 2.75) is 354 Å². The molecule has 0 saturated carbocycles. The van der Waals surface area contributed by atoms with Gasteiger partial charge in [-0.2, -0.15) is 0 Å². The zero-order valence-corrected chi connectivity index (χ0v) is 49.6. The van der Waals surface area contributed by atoms with E-state index < -0.39 is 6.10 Å². The molecule has 0 radical (unpaired) electrons. The molecule has 0 N–H and O–H groups in total. The Hall–Kier alpha value is -2.63. The second-order valence-corrected chi connectivity index (χ2v) is 22.0. The number of unbranched alkanes of at least 4 members (excludes halogenated alkanes) is 41. The van der Waals surface area contributed by atoms with Crippen LogP contribution in [0.25, 0.3) is 0 Å². The average Bonchev–Trinajstić information content (AvgIpc) is 3.40. The first-order chi connectivity index (χ1) is 36.5. The smallest absolute Gasteiger partial charge is 0.306 e. The Bertz CT molecular complexity index is 1280. The molecular formula is C68H124O6. The van der Waals surface area contributed by atoms with Crippen molar-refractivity contribution in [2.24, 2.45) is 0 Å². The Morgan fingerprint density at radius 1 is 0.284 bits per heavy atom. The lowest BCUT2D eigenvalue weighted by molar-refractivity contribution is -0.167. The van der Waals surface area contributed by atoms with Crippen molar-refractivity contribution in [2.75, 3.05) is 13.2 Å². The summed E-state index contributed by atoms with van der Waals surface area (Å²) in [4.78, 5) is 38.4. The summed E-state index contributed by atoms with van der Waals surface area (Å²) >= 11 is 0. The predicted molar refractivity (Wildman–Crippen MR) is 321 cm³/mol. The number of carbonyl (C=O) groups is 3. The minimum atomic E-state index is -0.778. The fourth-order valence-electron chi connectivity index (χ4n) is 9.69. The molecule has 0 aromatic rings. The van der Waals surface area contributed by atoms with Crippen molar-refractivity contribution in [1.82, 2.24) is 0 Å². The van der Waals surface area contributed by atoms with Crippen molar-refractivity contribution >= 4 is 17.9 Å². The summed E-state index contributed by atoms with van der Waals surface area (Å²) in [6, 6.07) is 0. The molecule has 0 amide bonds. The molecule has 1 atom stereocenters. The molecule has 0 aliphatic heterocycles. The predicted octanol–water partition coefficient (Wildman–Crippen LogP) is 22.2. The first kappa shape index (κ1) is 71.4. The first-order valence-corrected chi connectivity index (χ1v) is 32.6. The molecule has 0 spiro atoms. The normalized spacial score (nSPS) is 12.3. The Morgan fingerprint density at radius 2 is 0.527 bits per heavy atom. The van der Waals surface area contributed by atoms with Crippen LogP contribution in [0.5, 0.6) is 0 Å². The van der Waals surface area contributed by atoms with Gasteiger partial charge in [0, 0.05) is 19.3 Å². The minimum absolute atomic E-state index is 0.0749. The number of rotatable bonds is 60. The molecule has 74 heavy (non-hydrogen) atoms. The lowest BCUT2D eigenvalue weighted by Crippen LogP contribution is -2.30. The summed E-state index contributed by atoms with van der Waals surface area (Å²) in [7, 11) is 0. The summed E-state index contributed by atoms with van der Waals surface area (Å²) in [5, 5.41) is 0. The van der Waals surface area contributed by atoms with E-state index in [1.807, 2.05) is 0 Å². The van der Waals surface area contributed by atoms with Crippen molar-refractivity contribution < 1.29 is 28.6 Å². The minimum Gasteiger partial charge on any atom is -0.462 e. The number of ether oxygens (including phenoxy) is 3. The highest BCUT2D eigenvalue weighted by atomic mass is 16.6. The SMILES string of the molecule is CC/C=C\C/C=C\C/C=C\CCCCCCCCCCCC(=O)OCC(COC(=O)CCCCCCC/C=C\CCCCCCCCCCC)OC(=O)CCCCCCCCCCCCCCCCCCCCC. The lowest BCUT2D eigenvalue weighted by Gasteiger charge is -2.18. The van der Waals surface area contributed by atoms with Crippen LogP contribution >= 0.6 is 0 Å². The second kappa shape index (κ2) is 62.9. The van der Waals surface area contributed by atoms with E-state index in [0.29, 0.717) is 19.3 Å². The van der Waals surface area contributed by atoms with Crippen LogP contribution in [0.3, 0.4) is 0 Å². The Labute approximate surface area is 460 Å². The molecule has 0 aromatic carbocycles. The van der Waals surface area contributed by atoms with E-state index in [2.05, 4.69) is 69.4 Å². The zero-order chi connectivity index (χ0) is 53.6. The largest absolute Gasteiger partial charge is 0.462 e. The molecule has 0 rings (SSSR count). The molecule has 0 bridgehead atoms. The number of allylic oxidation sites excluding steroid dienone is 8. The molecular weight excluding hydrogens is 913 g/mol. The Balaban J connectivity index is 4.35. The molecule has 6 heteroatoms. The van der Waals surface area contributed by atoms with Gasteiger partial charge in [-0.05, 0) is 77.0 Å². The van der Waals surface area contributed by atoms with Gasteiger partial charge >= 0.3 is 17.9 Å². The van der Waals surface area contributed by atoms with E-state index in [9.17, 15) is 14.4 Å². The van der Waals surface area contributed by atoms with Crippen LogP contribution in [0, 0.1) is 0 Å². The van der Waals surface area contributed by atoms with Crippen LogP contribution in [-0.2, 0) is 28.6 Å². The molecule has 1 unspecified atom stereocenters. The van der Waals surface area contributed by atoms with Crippen LogP contribution in [0.15, 0.2) is 48.6 Å². The molecule has 0 aromatic heterocycles. The average molecular weight is 1040 g/mol. The van der Waals surface area contributed by atoms with E-state index >= 15 is 0 Å². The van der Waals surface area contributed by atoms with Gasteiger partial charge in [-0.15, -0.1) is 0 Å². The van der Waals surface area contributed by atoms with Gasteiger partial charge in [0.25, 0.3) is 0 Å². The van der Waals surface area contributed by atoms with E-state index in [1.165, 1.54) is 225 Å². The van der Waals surface area contributed by atoms with Crippen LogP contribution in [0.1, 0.15) is 348 Å². The first-order valence-electron chi connectivity index (χ1n) is 32.6. The standard InChI is InChI=1S/C68H124O6/c1-4-7-10-13-16-19-22-25-28-31-34-37-40-43-46-49-52-55-58-61-67(70)73-64-65(63-72-66(69)60-57-54-51-48-45-42-39-36-33-30-27-24-21-18-15-12-9-6-3)74-68(71)62-59-56-53-50-47-44-41-38-35-32-29-26-23-20-17-14-11-8-5-2/h7,10,16,19,25,28,36,39,65H,4-6,8-9,11-15,17-18,20-24,26-27,29-35,37-38,40-64H2,1-3H3/b10-7-,19-16-,28-25-,39-36-. The highest BCUT2D eigenvalue weighted by Crippen LogP contribution is 2.17. The summed E-state index contributed by atoms with van der Waals surface area (Å²) in [5.41, 5.74) is 0. The van der Waals surface area contributed by atoms with E-state index in [1.54, 1.807) is 0 Å². The highest BCUT2D eigenvalue weighted by molar-refractivity contribution is 5.71. The molecule has 0 aliphatic carbocycles. The third kappa shape index (κ3) is 60.2. The van der Waals surface area contributed by atoms with Crippen LogP contribution in [0.2, 0.25) is 0 Å². The van der Waals surface area contributed by atoms with Crippen LogP contribution in [-0.4, -0.2) is 37.2 Å². The number of carbonyl (C=O) groups excluding carboxylic acids is 3. The van der Waals surface area contributed by atoms with Crippen molar-refractivity contribution in [3.63, 3.8) is 0 Å². The lowest BCUT2D eigenvalue weighted by atomic mass is 10.0. The maximum Gasteiger partial charge on any atom is 0.306 e. The Morgan fingerprint density at radius 3 is 0.838 bits per heavy atom. The van der Waals surface area contributed by atoms with Gasteiger partial charge in [0.2, 0.25) is 0 Å². The maximum atomic E-state index is 12.9. The van der Waals surface area contributed by atoms with Gasteiger partial charge in [-0.3, -0.25) is 14.4 Å². The molecule has 0 heterocycles. The number of hydrogen-bond donors (Lipinski definition) is 0. The molecule has 6 nitrogen and oxygen atoms in total. The molecule has 0 aliphatic rings. The topological polar surface area (TPSA) is 78.9 Å². The zero-order valence-electron chi connectivity index (χ0n) is 49.6. The molecule has 0 saturated heterocycles. The monoisotopic (exact) mass is 1040 g/mol. The number of hydrogen-bond acceptors (Lipinski definition) is 6. The fraction of sp³-hybridized carbons (Fsp3) is 0.838. The van der Waals surface area contributed by atoms with Crippen molar-refractivity contribution in [3.05, 3.63) is 48.6 Å². The third-order valence-corrected chi connectivity index (χ3v) is 14.6. The molecule has 432 valence electrons. The number of esters is 3. The Kier molecular flexibility index (Phi) is 60.7. The van der Waals surface area contributed by atoms with Gasteiger partial charge in [0.15, 0.2) is 6.10 Å². The van der Waals surface area contributed by atoms with Crippen LogP contribution < -0.4 is 0 Å². The quantitative estimate of drug-likeness (QED) is 0.0261. The van der Waals surface area contributed by atoms with Crippen molar-refractivity contribution in [1.29, 1.82) is 0 Å². The van der Waals surface area contributed by atoms with Gasteiger partial charge in [0.1, 0.15) is 13.2 Å². The van der Waals surface area contributed by atoms with Crippen LogP contribution in [0.4, 0.5) is 0 Å². The van der Waals surface area contributed by atoms with Gasteiger partial charge in [-0.1, -0.05) is 301 Å². The fourth-order valence-corrected chi connectivity index (χ4v) is 9.69. The summed E-state index contributed by atoms with van der Waals surface area (Å²) in [5.74, 6) is -0.864. The summed E-state index contributed by atoms with van der Waals surface area (Å²) in [6.45, 7) is 6.58. The maximum absolute atomic E-state index is 12.9. The van der Waals surface area contributed by atoms with Crippen molar-refractivity contribution in [3.8, 4) is 0 Å².